The molecule has 0 unspecified atom stereocenters. The molecule has 41 heavy (non-hydrogen) atoms. The number of carbonyl (C=O) groups is 2. The summed E-state index contributed by atoms with van der Waals surface area (Å²) in [6.45, 7) is 0.212. The first-order chi connectivity index (χ1) is 20.0. The minimum atomic E-state index is -0.889. The molecule has 1 aliphatic carbocycles. The molecular formula is C32H34N4O4S. The highest BCUT2D eigenvalue weighted by molar-refractivity contribution is 7.09. The van der Waals surface area contributed by atoms with Gasteiger partial charge in [-0.15, -0.1) is 0 Å². The average Bonchev–Trinajstić information content (AvgIpc) is 3.67. The molecule has 9 heteroatoms. The van der Waals surface area contributed by atoms with Crippen LogP contribution in [0.3, 0.4) is 0 Å². The summed E-state index contributed by atoms with van der Waals surface area (Å²) >= 11 is 1.04. The Kier molecular flexibility index (Phi) is 8.84. The standard InChI is InChI=1S/C32H34N4O4S/c1-39-25-16-12-22(13-17-25)28-27(33)30(41-35-28)32(38)36(20-21-8-4-3-5-9-21)29(23-14-18-26(40-2)19-15-23)31(37)34-24-10-6-7-11-24/h3-5,8-9,12-19,24,29H,6-7,10-11,20,33H2,1-2H3,(H,34,37)/t29-/m1/s1. The van der Waals surface area contributed by atoms with E-state index in [1.807, 2.05) is 66.7 Å². The number of amides is 2. The molecule has 3 aromatic carbocycles. The summed E-state index contributed by atoms with van der Waals surface area (Å²) in [6, 6.07) is 23.5. The Morgan fingerprint density at radius 3 is 2.17 bits per heavy atom. The number of ether oxygens (including phenoxy) is 2. The fourth-order valence-electron chi connectivity index (χ4n) is 5.21. The van der Waals surface area contributed by atoms with Crippen molar-refractivity contribution in [2.24, 2.45) is 0 Å². The molecule has 1 atom stereocenters. The van der Waals surface area contributed by atoms with Gasteiger partial charge in [0.2, 0.25) is 5.91 Å². The molecule has 0 radical (unpaired) electrons. The number of anilines is 1. The first kappa shape index (κ1) is 28.2. The molecule has 1 aromatic heterocycles. The zero-order valence-corrected chi connectivity index (χ0v) is 24.0. The number of methoxy groups -OCH3 is 2. The summed E-state index contributed by atoms with van der Waals surface area (Å²) < 4.78 is 15.2. The Labute approximate surface area is 244 Å². The van der Waals surface area contributed by atoms with Crippen molar-refractivity contribution in [2.45, 2.75) is 44.3 Å². The van der Waals surface area contributed by atoms with Crippen LogP contribution in [0.1, 0.15) is 52.5 Å². The van der Waals surface area contributed by atoms with E-state index >= 15 is 0 Å². The predicted octanol–water partition coefficient (Wildman–Crippen LogP) is 5.85. The van der Waals surface area contributed by atoms with Gasteiger partial charge in [0.1, 0.15) is 28.1 Å². The van der Waals surface area contributed by atoms with Crippen LogP contribution in [-0.2, 0) is 11.3 Å². The Bertz CT molecular complexity index is 1470. The van der Waals surface area contributed by atoms with Gasteiger partial charge in [0, 0.05) is 18.2 Å². The lowest BCUT2D eigenvalue weighted by molar-refractivity contribution is -0.126. The molecule has 1 aliphatic rings. The maximum Gasteiger partial charge on any atom is 0.268 e. The van der Waals surface area contributed by atoms with Crippen molar-refractivity contribution in [3.63, 3.8) is 0 Å². The third-order valence-corrected chi connectivity index (χ3v) is 8.29. The van der Waals surface area contributed by atoms with Gasteiger partial charge in [0.15, 0.2) is 0 Å². The maximum absolute atomic E-state index is 14.4. The molecule has 0 saturated heterocycles. The van der Waals surface area contributed by atoms with E-state index in [0.717, 1.165) is 48.3 Å². The van der Waals surface area contributed by atoms with Crippen molar-refractivity contribution in [3.8, 4) is 22.8 Å². The lowest BCUT2D eigenvalue weighted by Gasteiger charge is -2.32. The fourth-order valence-corrected chi connectivity index (χ4v) is 5.99. The summed E-state index contributed by atoms with van der Waals surface area (Å²) in [6.07, 6.45) is 4.02. The number of nitrogens with two attached hydrogens (primary N) is 1. The largest absolute Gasteiger partial charge is 0.497 e. The van der Waals surface area contributed by atoms with Gasteiger partial charge in [-0.05, 0) is 71.9 Å². The van der Waals surface area contributed by atoms with Crippen molar-refractivity contribution in [2.75, 3.05) is 20.0 Å². The molecule has 3 N–H and O–H groups in total. The highest BCUT2D eigenvalue weighted by Crippen LogP contribution is 2.35. The van der Waals surface area contributed by atoms with Crippen molar-refractivity contribution >= 4 is 29.0 Å². The van der Waals surface area contributed by atoms with Crippen LogP contribution < -0.4 is 20.5 Å². The summed E-state index contributed by atoms with van der Waals surface area (Å²) in [5, 5.41) is 3.22. The molecule has 0 bridgehead atoms. The molecule has 0 aliphatic heterocycles. The molecule has 8 nitrogen and oxygen atoms in total. The van der Waals surface area contributed by atoms with Gasteiger partial charge in [-0.3, -0.25) is 9.59 Å². The van der Waals surface area contributed by atoms with Gasteiger partial charge in [-0.25, -0.2) is 0 Å². The van der Waals surface area contributed by atoms with Crippen LogP contribution in [0, 0.1) is 0 Å². The van der Waals surface area contributed by atoms with Crippen molar-refractivity contribution in [3.05, 3.63) is 94.9 Å². The number of benzene rings is 3. The third kappa shape index (κ3) is 6.36. The second kappa shape index (κ2) is 12.9. The Balaban J connectivity index is 1.55. The number of nitrogens with one attached hydrogen (secondary N) is 1. The van der Waals surface area contributed by atoms with Gasteiger partial charge in [0.05, 0.1) is 19.9 Å². The van der Waals surface area contributed by atoms with Crippen LogP contribution >= 0.6 is 11.5 Å². The first-order valence-corrected chi connectivity index (χ1v) is 14.4. The molecule has 1 fully saturated rings. The SMILES string of the molecule is COc1ccc(-c2nsc(C(=O)N(Cc3ccccc3)[C@@H](C(=O)NC3CCCC3)c3ccc(OC)cc3)c2N)cc1. The Hall–Kier alpha value is -4.37. The minimum absolute atomic E-state index is 0.0899. The van der Waals surface area contributed by atoms with Crippen LogP contribution in [0.4, 0.5) is 5.69 Å². The summed E-state index contributed by atoms with van der Waals surface area (Å²) in [7, 11) is 3.20. The van der Waals surface area contributed by atoms with E-state index in [-0.39, 0.29) is 30.1 Å². The first-order valence-electron chi connectivity index (χ1n) is 13.7. The monoisotopic (exact) mass is 570 g/mol. The van der Waals surface area contributed by atoms with Gasteiger partial charge < -0.3 is 25.4 Å². The number of aromatic nitrogens is 1. The highest BCUT2D eigenvalue weighted by atomic mass is 32.1. The van der Waals surface area contributed by atoms with Crippen molar-refractivity contribution in [1.29, 1.82) is 0 Å². The smallest absolute Gasteiger partial charge is 0.268 e. The van der Waals surface area contributed by atoms with Crippen LogP contribution in [0.2, 0.25) is 0 Å². The third-order valence-electron chi connectivity index (χ3n) is 7.44. The highest BCUT2D eigenvalue weighted by Gasteiger charge is 2.35. The molecule has 5 rings (SSSR count). The Morgan fingerprint density at radius 2 is 1.56 bits per heavy atom. The summed E-state index contributed by atoms with van der Waals surface area (Å²) in [5.41, 5.74) is 9.74. The second-order valence-corrected chi connectivity index (χ2v) is 10.9. The normalized spacial score (nSPS) is 13.9. The van der Waals surface area contributed by atoms with Crippen LogP contribution in [0.15, 0.2) is 78.9 Å². The average molecular weight is 571 g/mol. The molecule has 212 valence electrons. The van der Waals surface area contributed by atoms with E-state index in [1.54, 1.807) is 31.3 Å². The minimum Gasteiger partial charge on any atom is -0.497 e. The number of hydrogen-bond acceptors (Lipinski definition) is 7. The van der Waals surface area contributed by atoms with Gasteiger partial charge in [-0.2, -0.15) is 4.37 Å². The lowest BCUT2D eigenvalue weighted by Crippen LogP contribution is -2.45. The summed E-state index contributed by atoms with van der Waals surface area (Å²) in [5.74, 6) is 0.805. The van der Waals surface area contributed by atoms with E-state index in [9.17, 15) is 9.59 Å². The topological polar surface area (TPSA) is 107 Å². The van der Waals surface area contributed by atoms with E-state index in [4.69, 9.17) is 15.2 Å². The molecule has 1 saturated carbocycles. The molecule has 2 amide bonds. The molecule has 1 heterocycles. The summed E-state index contributed by atoms with van der Waals surface area (Å²) in [4.78, 5) is 30.3. The van der Waals surface area contributed by atoms with Gasteiger partial charge in [-0.1, -0.05) is 55.3 Å². The number of rotatable bonds is 10. The Morgan fingerprint density at radius 1 is 0.951 bits per heavy atom. The van der Waals surface area contributed by atoms with E-state index < -0.39 is 6.04 Å². The quantitative estimate of drug-likeness (QED) is 0.248. The van der Waals surface area contributed by atoms with E-state index in [2.05, 4.69) is 9.69 Å². The number of hydrogen-bond donors (Lipinski definition) is 2. The fraction of sp³-hybridized carbons (Fsp3) is 0.281. The van der Waals surface area contributed by atoms with E-state index in [1.165, 1.54) is 0 Å². The number of nitrogens with zero attached hydrogens (tertiary/aromatic N) is 2. The lowest BCUT2D eigenvalue weighted by atomic mass is 10.0. The zero-order chi connectivity index (χ0) is 28.8. The zero-order valence-electron chi connectivity index (χ0n) is 23.2. The van der Waals surface area contributed by atoms with Gasteiger partial charge >= 0.3 is 0 Å². The van der Waals surface area contributed by atoms with E-state index in [0.29, 0.717) is 27.6 Å². The second-order valence-electron chi connectivity index (χ2n) is 10.1. The van der Waals surface area contributed by atoms with Crippen LogP contribution in [-0.4, -0.2) is 41.3 Å². The number of carbonyl (C=O) groups excluding carboxylic acids is 2. The predicted molar refractivity (Wildman–Crippen MR) is 161 cm³/mol. The van der Waals surface area contributed by atoms with Crippen LogP contribution in [0.25, 0.3) is 11.3 Å². The van der Waals surface area contributed by atoms with Crippen molar-refractivity contribution in [1.82, 2.24) is 14.6 Å². The molecule has 4 aromatic rings. The molecule has 0 spiro atoms. The van der Waals surface area contributed by atoms with Crippen molar-refractivity contribution < 1.29 is 19.1 Å². The van der Waals surface area contributed by atoms with Crippen LogP contribution in [0.5, 0.6) is 11.5 Å². The maximum atomic E-state index is 14.4. The van der Waals surface area contributed by atoms with Gasteiger partial charge in [0.25, 0.3) is 5.91 Å². The number of nitrogen functional groups attached to an aromatic ring is 1. The molecular weight excluding hydrogens is 536 g/mol.